The average Bonchev–Trinajstić information content (AvgIpc) is 2.62. The van der Waals surface area contributed by atoms with E-state index in [-0.39, 0.29) is 0 Å². The normalized spacial score (nSPS) is 11.5. The minimum Gasteiger partial charge on any atom is -0.230 e. The molecule has 0 N–H and O–H groups in total. The number of aryl methyl sites for hydroxylation is 2. The van der Waals surface area contributed by atoms with Crippen LogP contribution in [0, 0.1) is 6.92 Å². The SMILES string of the molecule is CCn1c(C)[n+](C)c2c3ccccc3ccc21. The van der Waals surface area contributed by atoms with Crippen molar-refractivity contribution in [1.82, 2.24) is 4.57 Å². The predicted octanol–water partition coefficient (Wildman–Crippen LogP) is 2.95. The number of benzene rings is 2. The number of fused-ring (bicyclic) bond motifs is 3. The summed E-state index contributed by atoms with van der Waals surface area (Å²) in [6.07, 6.45) is 0. The minimum atomic E-state index is 1.02. The van der Waals surface area contributed by atoms with Crippen molar-refractivity contribution in [2.75, 3.05) is 0 Å². The van der Waals surface area contributed by atoms with Gasteiger partial charge in [-0.05, 0) is 30.5 Å². The van der Waals surface area contributed by atoms with Crippen LogP contribution in [0.25, 0.3) is 21.8 Å². The van der Waals surface area contributed by atoms with Gasteiger partial charge >= 0.3 is 0 Å². The van der Waals surface area contributed by atoms with Crippen LogP contribution < -0.4 is 4.57 Å². The minimum absolute atomic E-state index is 1.02. The number of imidazole rings is 1. The summed E-state index contributed by atoms with van der Waals surface area (Å²) in [5, 5.41) is 2.65. The van der Waals surface area contributed by atoms with Crippen LogP contribution >= 0.6 is 0 Å². The van der Waals surface area contributed by atoms with Crippen molar-refractivity contribution in [3.8, 4) is 0 Å². The largest absolute Gasteiger partial charge is 0.254 e. The molecule has 17 heavy (non-hydrogen) atoms. The molecule has 0 unspecified atom stereocenters. The maximum atomic E-state index is 2.36. The first-order valence-electron chi connectivity index (χ1n) is 6.10. The third kappa shape index (κ3) is 1.30. The highest BCUT2D eigenvalue weighted by Gasteiger charge is 2.19. The first-order chi connectivity index (χ1) is 8.24. The Kier molecular flexibility index (Phi) is 2.18. The Balaban J connectivity index is 2.59. The fourth-order valence-corrected chi connectivity index (χ4v) is 2.73. The van der Waals surface area contributed by atoms with Gasteiger partial charge in [0.15, 0.2) is 11.0 Å². The van der Waals surface area contributed by atoms with Gasteiger partial charge in [0.2, 0.25) is 0 Å². The third-order valence-corrected chi connectivity index (χ3v) is 3.70. The van der Waals surface area contributed by atoms with Gasteiger partial charge in [-0.15, -0.1) is 0 Å². The molecule has 0 amide bonds. The van der Waals surface area contributed by atoms with Crippen molar-refractivity contribution in [3.63, 3.8) is 0 Å². The number of nitrogens with zero attached hydrogens (tertiary/aromatic N) is 2. The lowest BCUT2D eigenvalue weighted by Gasteiger charge is -1.97. The Hall–Kier alpha value is -1.83. The lowest BCUT2D eigenvalue weighted by atomic mass is 10.1. The fraction of sp³-hybridized carbons (Fsp3) is 0.267. The topological polar surface area (TPSA) is 8.81 Å². The van der Waals surface area contributed by atoms with Gasteiger partial charge in [0.1, 0.15) is 0 Å². The fourth-order valence-electron chi connectivity index (χ4n) is 2.73. The first kappa shape index (κ1) is 10.3. The molecule has 2 heteroatoms. The lowest BCUT2D eigenvalue weighted by molar-refractivity contribution is -0.651. The summed E-state index contributed by atoms with van der Waals surface area (Å²) in [5.41, 5.74) is 2.66. The Labute approximate surface area is 101 Å². The highest BCUT2D eigenvalue weighted by atomic mass is 15.1. The molecule has 0 aliphatic carbocycles. The molecule has 0 bridgehead atoms. The molecule has 0 radical (unpaired) electrons. The number of aromatic nitrogens is 2. The van der Waals surface area contributed by atoms with Gasteiger partial charge in [-0.25, -0.2) is 9.13 Å². The van der Waals surface area contributed by atoms with E-state index in [9.17, 15) is 0 Å². The van der Waals surface area contributed by atoms with E-state index in [4.69, 9.17) is 0 Å². The maximum absolute atomic E-state index is 2.36. The van der Waals surface area contributed by atoms with Crippen molar-refractivity contribution < 1.29 is 4.57 Å². The van der Waals surface area contributed by atoms with E-state index in [1.807, 2.05) is 0 Å². The van der Waals surface area contributed by atoms with E-state index in [1.165, 1.54) is 27.6 Å². The molecule has 2 nitrogen and oxygen atoms in total. The second-order valence-corrected chi connectivity index (χ2v) is 4.50. The van der Waals surface area contributed by atoms with Gasteiger partial charge in [-0.2, -0.15) is 0 Å². The first-order valence-corrected chi connectivity index (χ1v) is 6.10. The third-order valence-electron chi connectivity index (χ3n) is 3.70. The van der Waals surface area contributed by atoms with Gasteiger partial charge in [0.25, 0.3) is 5.82 Å². The van der Waals surface area contributed by atoms with Crippen LogP contribution in [-0.4, -0.2) is 4.57 Å². The molecule has 0 aliphatic rings. The number of hydrogen-bond acceptors (Lipinski definition) is 0. The van der Waals surface area contributed by atoms with Crippen molar-refractivity contribution in [1.29, 1.82) is 0 Å². The van der Waals surface area contributed by atoms with Gasteiger partial charge in [-0.1, -0.05) is 18.2 Å². The zero-order valence-electron chi connectivity index (χ0n) is 10.6. The highest BCUT2D eigenvalue weighted by molar-refractivity contribution is 6.02. The summed E-state index contributed by atoms with van der Waals surface area (Å²) < 4.78 is 4.66. The van der Waals surface area contributed by atoms with E-state index in [0.717, 1.165) is 6.54 Å². The van der Waals surface area contributed by atoms with Crippen LogP contribution in [0.3, 0.4) is 0 Å². The summed E-state index contributed by atoms with van der Waals surface area (Å²) in [5.74, 6) is 1.30. The number of rotatable bonds is 1. The molecular weight excluding hydrogens is 208 g/mol. The summed E-state index contributed by atoms with van der Waals surface area (Å²) in [6, 6.07) is 13.0. The molecular formula is C15H17N2+. The predicted molar refractivity (Wildman–Crippen MR) is 71.0 cm³/mol. The average molecular weight is 225 g/mol. The summed E-state index contributed by atoms with van der Waals surface area (Å²) in [4.78, 5) is 0. The van der Waals surface area contributed by atoms with Crippen LogP contribution in [-0.2, 0) is 13.6 Å². The molecule has 1 aromatic heterocycles. The van der Waals surface area contributed by atoms with Gasteiger partial charge in [0, 0.05) is 12.3 Å². The van der Waals surface area contributed by atoms with Crippen LogP contribution in [0.15, 0.2) is 36.4 Å². The maximum Gasteiger partial charge on any atom is 0.254 e. The van der Waals surface area contributed by atoms with E-state index in [1.54, 1.807) is 0 Å². The zero-order valence-corrected chi connectivity index (χ0v) is 10.6. The molecule has 2 aromatic carbocycles. The van der Waals surface area contributed by atoms with Crippen LogP contribution in [0.1, 0.15) is 12.7 Å². The second kappa shape index (κ2) is 3.59. The van der Waals surface area contributed by atoms with Crippen molar-refractivity contribution in [2.45, 2.75) is 20.4 Å². The Bertz CT molecular complexity index is 708. The molecule has 0 fully saturated rings. The van der Waals surface area contributed by atoms with Crippen LogP contribution in [0.5, 0.6) is 0 Å². The quantitative estimate of drug-likeness (QED) is 0.563. The molecule has 3 aromatic rings. The molecule has 1 heterocycles. The highest BCUT2D eigenvalue weighted by Crippen LogP contribution is 2.24. The molecule has 3 rings (SSSR count). The Morgan fingerprint density at radius 1 is 1.12 bits per heavy atom. The lowest BCUT2D eigenvalue weighted by Crippen LogP contribution is -2.31. The van der Waals surface area contributed by atoms with E-state index in [0.29, 0.717) is 0 Å². The van der Waals surface area contributed by atoms with Crippen LogP contribution in [0.2, 0.25) is 0 Å². The van der Waals surface area contributed by atoms with Crippen molar-refractivity contribution in [2.24, 2.45) is 7.05 Å². The molecule has 0 saturated heterocycles. The van der Waals surface area contributed by atoms with Crippen LogP contribution in [0.4, 0.5) is 0 Å². The van der Waals surface area contributed by atoms with E-state index < -0.39 is 0 Å². The standard InChI is InChI=1S/C15H17N2/c1-4-17-11(2)16(3)15-13-8-6-5-7-12(13)9-10-14(15)17/h5-10H,4H2,1-3H3/q+1. The monoisotopic (exact) mass is 225 g/mol. The van der Waals surface area contributed by atoms with E-state index >= 15 is 0 Å². The van der Waals surface area contributed by atoms with Gasteiger partial charge in [-0.3, -0.25) is 0 Å². The zero-order chi connectivity index (χ0) is 12.0. The number of hydrogen-bond donors (Lipinski definition) is 0. The molecule has 0 spiro atoms. The Morgan fingerprint density at radius 2 is 1.88 bits per heavy atom. The van der Waals surface area contributed by atoms with Crippen molar-refractivity contribution >= 4 is 21.8 Å². The summed E-state index contributed by atoms with van der Waals surface area (Å²) in [6.45, 7) is 5.39. The summed E-state index contributed by atoms with van der Waals surface area (Å²) in [7, 11) is 2.15. The van der Waals surface area contributed by atoms with Gasteiger partial charge in [0.05, 0.1) is 13.6 Å². The van der Waals surface area contributed by atoms with Crippen molar-refractivity contribution in [3.05, 3.63) is 42.2 Å². The second-order valence-electron chi connectivity index (χ2n) is 4.50. The molecule has 0 aliphatic heterocycles. The smallest absolute Gasteiger partial charge is 0.230 e. The molecule has 0 atom stereocenters. The molecule has 0 saturated carbocycles. The Morgan fingerprint density at radius 3 is 2.65 bits per heavy atom. The van der Waals surface area contributed by atoms with E-state index in [2.05, 4.69) is 66.4 Å². The molecule has 86 valence electrons. The van der Waals surface area contributed by atoms with Gasteiger partial charge < -0.3 is 0 Å². The summed E-state index contributed by atoms with van der Waals surface area (Å²) >= 11 is 0.